The smallest absolute Gasteiger partial charge is 0.269 e. The minimum Gasteiger partial charge on any atom is -0.296 e. The van der Waals surface area contributed by atoms with E-state index >= 15 is 0 Å². The molecule has 1 aliphatic carbocycles. The van der Waals surface area contributed by atoms with Crippen LogP contribution in [-0.4, -0.2) is 22.9 Å². The van der Waals surface area contributed by atoms with Crippen molar-refractivity contribution in [3.63, 3.8) is 0 Å². The van der Waals surface area contributed by atoms with Gasteiger partial charge in [-0.05, 0) is 49.7 Å². The van der Waals surface area contributed by atoms with Crippen LogP contribution in [0.3, 0.4) is 0 Å². The van der Waals surface area contributed by atoms with Crippen LogP contribution in [0.2, 0.25) is 0 Å². The van der Waals surface area contributed by atoms with Crippen molar-refractivity contribution in [3.05, 3.63) is 39.4 Å². The number of hydrogen-bond donors (Lipinski definition) is 0. The Kier molecular flexibility index (Phi) is 3.50. The quantitative estimate of drug-likeness (QED) is 0.623. The molecule has 0 N–H and O–H groups in total. The van der Waals surface area contributed by atoms with Crippen LogP contribution in [0.5, 0.6) is 0 Å². The molecule has 2 aliphatic rings. The van der Waals surface area contributed by atoms with Gasteiger partial charge in [-0.25, -0.2) is 0 Å². The molecule has 1 aromatic carbocycles. The van der Waals surface area contributed by atoms with Crippen LogP contribution in [0.15, 0.2) is 18.2 Å². The zero-order valence-electron chi connectivity index (χ0n) is 12.2. The predicted molar refractivity (Wildman–Crippen MR) is 78.7 cm³/mol. The van der Waals surface area contributed by atoms with Crippen LogP contribution in [-0.2, 0) is 0 Å². The van der Waals surface area contributed by atoms with Gasteiger partial charge in [0.25, 0.3) is 5.69 Å². The maximum absolute atomic E-state index is 11.0. The Balaban J connectivity index is 1.81. The molecule has 1 saturated heterocycles. The minimum atomic E-state index is -0.297. The summed E-state index contributed by atoms with van der Waals surface area (Å²) in [4.78, 5) is 13.2. The van der Waals surface area contributed by atoms with Gasteiger partial charge in [-0.3, -0.25) is 15.0 Å². The van der Waals surface area contributed by atoms with E-state index in [1.165, 1.54) is 19.3 Å². The molecule has 3 atom stereocenters. The second kappa shape index (κ2) is 5.17. The average Bonchev–Trinajstić information content (AvgIpc) is 2.98. The molecule has 3 rings (SSSR count). The predicted octanol–water partition coefficient (Wildman–Crippen LogP) is 3.70. The third-order valence-corrected chi connectivity index (χ3v) is 5.23. The first-order valence-corrected chi connectivity index (χ1v) is 7.55. The van der Waals surface area contributed by atoms with Crippen molar-refractivity contribution in [3.8, 4) is 0 Å². The first-order chi connectivity index (χ1) is 9.56. The number of aryl methyl sites for hydroxylation is 1. The zero-order valence-corrected chi connectivity index (χ0v) is 12.2. The highest BCUT2D eigenvalue weighted by atomic mass is 16.6. The molecular weight excluding hydrogens is 252 g/mol. The van der Waals surface area contributed by atoms with E-state index in [9.17, 15) is 10.1 Å². The van der Waals surface area contributed by atoms with Crippen molar-refractivity contribution in [2.45, 2.75) is 39.2 Å². The number of benzene rings is 1. The van der Waals surface area contributed by atoms with Crippen LogP contribution in [0.4, 0.5) is 5.69 Å². The average molecular weight is 274 g/mol. The van der Waals surface area contributed by atoms with E-state index in [1.807, 2.05) is 13.0 Å². The van der Waals surface area contributed by atoms with E-state index in [4.69, 9.17) is 0 Å². The summed E-state index contributed by atoms with van der Waals surface area (Å²) >= 11 is 0. The summed E-state index contributed by atoms with van der Waals surface area (Å²) in [5.41, 5.74) is 2.47. The Bertz CT molecular complexity index is 517. The summed E-state index contributed by atoms with van der Waals surface area (Å²) < 4.78 is 0. The molecule has 0 spiro atoms. The number of hydrogen-bond acceptors (Lipinski definition) is 3. The van der Waals surface area contributed by atoms with E-state index in [0.29, 0.717) is 0 Å². The van der Waals surface area contributed by atoms with Crippen molar-refractivity contribution in [2.24, 2.45) is 11.8 Å². The molecule has 0 bridgehead atoms. The van der Waals surface area contributed by atoms with Gasteiger partial charge in [0.1, 0.15) is 0 Å². The normalized spacial score (nSPS) is 27.5. The van der Waals surface area contributed by atoms with Gasteiger partial charge in [0.15, 0.2) is 0 Å². The number of non-ortho nitro benzene ring substituents is 1. The van der Waals surface area contributed by atoms with Crippen molar-refractivity contribution in [1.29, 1.82) is 0 Å². The Hall–Kier alpha value is -1.42. The van der Waals surface area contributed by atoms with Crippen molar-refractivity contribution in [2.75, 3.05) is 13.1 Å². The van der Waals surface area contributed by atoms with Gasteiger partial charge in [-0.1, -0.05) is 12.5 Å². The summed E-state index contributed by atoms with van der Waals surface area (Å²) in [7, 11) is 0. The van der Waals surface area contributed by atoms with E-state index in [-0.39, 0.29) is 16.7 Å². The molecule has 108 valence electrons. The van der Waals surface area contributed by atoms with Crippen LogP contribution in [0, 0.1) is 28.9 Å². The minimum absolute atomic E-state index is 0.205. The second-order valence-electron chi connectivity index (χ2n) is 6.38. The van der Waals surface area contributed by atoms with Gasteiger partial charge in [-0.15, -0.1) is 0 Å². The Morgan fingerprint density at radius 1 is 1.30 bits per heavy atom. The summed E-state index contributed by atoms with van der Waals surface area (Å²) in [6, 6.07) is 5.51. The molecule has 4 nitrogen and oxygen atoms in total. The van der Waals surface area contributed by atoms with Gasteiger partial charge in [0.2, 0.25) is 0 Å². The van der Waals surface area contributed by atoms with Gasteiger partial charge in [-0.2, -0.15) is 0 Å². The number of rotatable bonds is 3. The Morgan fingerprint density at radius 2 is 1.95 bits per heavy atom. The van der Waals surface area contributed by atoms with Crippen LogP contribution >= 0.6 is 0 Å². The van der Waals surface area contributed by atoms with Crippen molar-refractivity contribution < 1.29 is 4.92 Å². The first kappa shape index (κ1) is 13.6. The summed E-state index contributed by atoms with van der Waals surface area (Å²) in [6.45, 7) is 6.56. The molecule has 1 aliphatic heterocycles. The fraction of sp³-hybridized carbons (Fsp3) is 0.625. The zero-order chi connectivity index (χ0) is 14.3. The number of nitro benzene ring substituents is 1. The Labute approximate surface area is 119 Å². The lowest BCUT2D eigenvalue weighted by Gasteiger charge is -2.26. The lowest BCUT2D eigenvalue weighted by Crippen LogP contribution is -2.26. The number of fused-ring (bicyclic) bond motifs is 1. The maximum atomic E-state index is 11.0. The molecule has 0 amide bonds. The third kappa shape index (κ3) is 2.33. The lowest BCUT2D eigenvalue weighted by molar-refractivity contribution is -0.385. The molecule has 0 radical (unpaired) electrons. The highest BCUT2D eigenvalue weighted by molar-refractivity contribution is 5.40. The van der Waals surface area contributed by atoms with E-state index in [0.717, 1.165) is 36.1 Å². The van der Waals surface area contributed by atoms with Crippen LogP contribution in [0.1, 0.15) is 43.4 Å². The third-order valence-electron chi connectivity index (χ3n) is 5.23. The van der Waals surface area contributed by atoms with Gasteiger partial charge < -0.3 is 0 Å². The van der Waals surface area contributed by atoms with E-state index in [2.05, 4.69) is 11.8 Å². The fourth-order valence-electron chi connectivity index (χ4n) is 3.98. The number of nitro groups is 1. The van der Waals surface area contributed by atoms with Crippen LogP contribution < -0.4 is 0 Å². The number of nitrogens with zero attached hydrogens (tertiary/aromatic N) is 2. The Morgan fingerprint density at radius 3 is 2.55 bits per heavy atom. The van der Waals surface area contributed by atoms with Crippen molar-refractivity contribution in [1.82, 2.24) is 4.90 Å². The lowest BCUT2D eigenvalue weighted by atomic mass is 10.0. The highest BCUT2D eigenvalue weighted by Crippen LogP contribution is 2.41. The summed E-state index contributed by atoms with van der Waals surface area (Å²) in [5, 5.41) is 11.0. The SMILES string of the molecule is Cc1ccc([N+](=O)[O-])cc1C(C)N1C[C@H]2CCC[C@H]2C1. The molecule has 20 heavy (non-hydrogen) atoms. The molecule has 4 heteroatoms. The van der Waals surface area contributed by atoms with Gasteiger partial charge in [0.05, 0.1) is 4.92 Å². The fourth-order valence-corrected chi connectivity index (χ4v) is 3.98. The largest absolute Gasteiger partial charge is 0.296 e. The molecule has 1 saturated carbocycles. The molecule has 2 fully saturated rings. The molecule has 1 aromatic rings. The van der Waals surface area contributed by atoms with E-state index in [1.54, 1.807) is 12.1 Å². The molecular formula is C16H22N2O2. The summed E-state index contributed by atoms with van der Waals surface area (Å²) in [5.74, 6) is 1.72. The number of likely N-dealkylation sites (tertiary alicyclic amines) is 1. The van der Waals surface area contributed by atoms with E-state index < -0.39 is 0 Å². The topological polar surface area (TPSA) is 46.4 Å². The first-order valence-electron chi connectivity index (χ1n) is 7.55. The van der Waals surface area contributed by atoms with Gasteiger partial charge >= 0.3 is 0 Å². The highest BCUT2D eigenvalue weighted by Gasteiger charge is 2.38. The molecule has 0 aromatic heterocycles. The second-order valence-corrected chi connectivity index (χ2v) is 6.38. The van der Waals surface area contributed by atoms with Gasteiger partial charge in [0, 0.05) is 31.3 Å². The molecule has 1 heterocycles. The van der Waals surface area contributed by atoms with Crippen LogP contribution in [0.25, 0.3) is 0 Å². The summed E-state index contributed by atoms with van der Waals surface area (Å²) in [6.07, 6.45) is 4.11. The van der Waals surface area contributed by atoms with Crippen molar-refractivity contribution >= 4 is 5.69 Å². The standard InChI is InChI=1S/C16H22N2O2/c1-11-6-7-15(18(19)20)8-16(11)12(2)17-9-13-4-3-5-14(13)10-17/h6-8,12-14H,3-5,9-10H2,1-2H3/t12?,13-,14+. The monoisotopic (exact) mass is 274 g/mol. The maximum Gasteiger partial charge on any atom is 0.269 e. The molecule has 1 unspecified atom stereocenters.